The molecule has 8 bridgehead atoms. The van der Waals surface area contributed by atoms with Crippen LogP contribution in [0.15, 0.2) is 6.07 Å². The van der Waals surface area contributed by atoms with Gasteiger partial charge in [0.25, 0.3) is 0 Å². The maximum Gasteiger partial charge on any atom is 0.0692 e. The van der Waals surface area contributed by atoms with Crippen molar-refractivity contribution < 1.29 is 37.9 Å². The van der Waals surface area contributed by atoms with Crippen molar-refractivity contribution in [1.29, 1.82) is 0 Å². The molecule has 0 radical (unpaired) electrons. The van der Waals surface area contributed by atoms with Crippen molar-refractivity contribution >= 4 is 46.4 Å². The lowest BCUT2D eigenvalue weighted by Crippen LogP contribution is -2.12. The molecule has 0 amide bonds. The van der Waals surface area contributed by atoms with Gasteiger partial charge in [-0.15, -0.1) is 0 Å². The van der Waals surface area contributed by atoms with E-state index in [-0.39, 0.29) is 0 Å². The minimum Gasteiger partial charge on any atom is -0.381 e. The summed E-state index contributed by atoms with van der Waals surface area (Å²) in [6.45, 7) is 30.2. The van der Waals surface area contributed by atoms with Gasteiger partial charge in [0.05, 0.1) is 86.7 Å². The van der Waals surface area contributed by atoms with Gasteiger partial charge in [-0.2, -0.15) is 0 Å². The number of aromatic nitrogens is 4. The van der Waals surface area contributed by atoms with Crippen LogP contribution >= 0.6 is 0 Å². The van der Waals surface area contributed by atoms with E-state index in [4.69, 9.17) is 47.9 Å². The highest BCUT2D eigenvalue weighted by Crippen LogP contribution is 2.38. The Morgan fingerprint density at radius 3 is 0.688 bits per heavy atom. The molecule has 2 aliphatic rings. The zero-order valence-electron chi connectivity index (χ0n) is 85.7. The molecule has 0 saturated carbocycles. The average molecular weight is 1780 g/mol. The second-order valence-corrected chi connectivity index (χ2v) is 38.7. The Hall–Kier alpha value is -3.72. The van der Waals surface area contributed by atoms with E-state index >= 15 is 0 Å². The molecule has 0 aliphatic carbocycles. The lowest BCUT2D eigenvalue weighted by molar-refractivity contribution is 0.123. The van der Waals surface area contributed by atoms with Gasteiger partial charge in [0.2, 0.25) is 0 Å². The normalized spacial score (nSPS) is 12.2. The predicted molar refractivity (Wildman–Crippen MR) is 556 cm³/mol. The van der Waals surface area contributed by atoms with E-state index < -0.39 is 0 Å². The molecule has 2 aliphatic heterocycles. The van der Waals surface area contributed by atoms with Gasteiger partial charge in [-0.05, 0) is 137 Å². The number of ether oxygens (including phenoxy) is 8. The quantitative estimate of drug-likeness (QED) is 0.0377. The van der Waals surface area contributed by atoms with Crippen LogP contribution in [0.3, 0.4) is 0 Å². The van der Waals surface area contributed by atoms with Crippen LogP contribution in [0.25, 0.3) is 46.4 Å². The summed E-state index contributed by atoms with van der Waals surface area (Å²) in [4.78, 5) is 16.3. The summed E-state index contributed by atoms with van der Waals surface area (Å²) in [5.41, 5.74) is 17.7. The Morgan fingerprint density at radius 1 is 0.203 bits per heavy atom. The number of nitrogens with one attached hydrogen (secondary N) is 1. The molecule has 0 atom stereocenters. The smallest absolute Gasteiger partial charge is 0.0692 e. The molecule has 1 N–H and O–H groups in total. The molecule has 0 saturated heterocycles. The van der Waals surface area contributed by atoms with E-state index in [1.54, 1.807) is 0 Å². The summed E-state index contributed by atoms with van der Waals surface area (Å²) in [5, 5.41) is 0. The van der Waals surface area contributed by atoms with E-state index in [0.717, 1.165) is 170 Å². The first kappa shape index (κ1) is 115. The fourth-order valence-electron chi connectivity index (χ4n) is 19.1. The number of nitrogens with zero attached hydrogens (tertiary/aromatic N) is 3. The third kappa shape index (κ3) is 54.1. The van der Waals surface area contributed by atoms with Gasteiger partial charge in [0, 0.05) is 99.1 Å². The minimum atomic E-state index is 0.588. The second kappa shape index (κ2) is 83.8. The Labute approximate surface area is 790 Å². The molecule has 0 aromatic carbocycles. The van der Waals surface area contributed by atoms with E-state index in [2.05, 4.69) is 95.3 Å². The Balaban J connectivity index is 1.94. The number of hydrogen-bond acceptors (Lipinski definition) is 10. The fourth-order valence-corrected chi connectivity index (χ4v) is 19.1. The largest absolute Gasteiger partial charge is 0.381 e. The van der Waals surface area contributed by atoms with Gasteiger partial charge in [-0.3, -0.25) is 0 Å². The zero-order valence-corrected chi connectivity index (χ0v) is 85.7. The minimum absolute atomic E-state index is 0.588. The van der Waals surface area contributed by atoms with Crippen molar-refractivity contribution in [2.24, 2.45) is 0 Å². The molecule has 0 unspecified atom stereocenters. The van der Waals surface area contributed by atoms with Gasteiger partial charge in [0.15, 0.2) is 0 Å². The van der Waals surface area contributed by atoms with Crippen LogP contribution in [0.1, 0.15) is 528 Å². The zero-order chi connectivity index (χ0) is 90.8. The average Bonchev–Trinajstić information content (AvgIpc) is 1.58. The summed E-state index contributed by atoms with van der Waals surface area (Å²) >= 11 is 0. The fraction of sp³-hybridized carbons (Fsp3) is 0.828. The molecule has 128 heavy (non-hydrogen) atoms. The first-order valence-corrected chi connectivity index (χ1v) is 56.3. The van der Waals surface area contributed by atoms with Crippen LogP contribution in [-0.2, 0) is 89.4 Å². The highest BCUT2D eigenvalue weighted by Gasteiger charge is 2.27. The van der Waals surface area contributed by atoms with Crippen LogP contribution in [0.5, 0.6) is 0 Å². The number of fused-ring (bicyclic) bond motifs is 8. The predicted octanol–water partition coefficient (Wildman–Crippen LogP) is 34.2. The van der Waals surface area contributed by atoms with Crippen LogP contribution in [0.2, 0.25) is 0 Å². The number of hydrogen-bond donors (Lipinski definition) is 1. The third-order valence-electron chi connectivity index (χ3n) is 27.2. The van der Waals surface area contributed by atoms with Gasteiger partial charge >= 0.3 is 0 Å². The van der Waals surface area contributed by atoms with Crippen molar-refractivity contribution in [3.05, 3.63) is 67.8 Å². The van der Waals surface area contributed by atoms with Gasteiger partial charge < -0.3 is 47.4 Å². The monoisotopic (exact) mass is 1780 g/mol. The number of aromatic amines is 1. The Bertz CT molecular complexity index is 3280. The molecule has 12 heteroatoms. The molecule has 0 fully saturated rings. The van der Waals surface area contributed by atoms with Gasteiger partial charge in [-0.25, -0.2) is 9.97 Å². The van der Waals surface area contributed by atoms with E-state index in [9.17, 15) is 0 Å². The van der Waals surface area contributed by atoms with Crippen molar-refractivity contribution in [2.45, 2.75) is 518 Å². The molecule has 3 aromatic heterocycles. The van der Waals surface area contributed by atoms with E-state index in [1.807, 2.05) is 0 Å². The van der Waals surface area contributed by atoms with E-state index in [1.165, 1.54) is 409 Å². The Kier molecular flexibility index (Phi) is 75.2. The maximum absolute atomic E-state index is 7.13. The molecular formula is C116H206N4O8. The summed E-state index contributed by atoms with van der Waals surface area (Å²) in [7, 11) is 0. The third-order valence-corrected chi connectivity index (χ3v) is 27.2. The number of unbranched alkanes of at least 4 members (excludes halogenated alkanes) is 56. The van der Waals surface area contributed by atoms with Crippen LogP contribution in [0.4, 0.5) is 0 Å². The highest BCUT2D eigenvalue weighted by atomic mass is 16.5. The maximum atomic E-state index is 7.13. The standard InChI is InChI=1S/C116H206N4O8/c1-9-17-25-33-41-49-57-65-85-121-93-77-102-101-113-106(81-97-125-89-69-61-53-45-37-29-21-13-5)111-74-73-109(117-111)105(80-96-124-88-68-60-52-44-36-28-20-12-4)110-75-76-112(118-110)107(82-98-126-90-70-62-54-46-38-30-22-14-6)115-103(78-94-122-86-66-58-50-42-34-26-18-10-2)104(79-95-123-87-67-59-51-43-35-27-19-11-3)116(120(115)84-100-128-92-72-64-56-48-40-32-24-16-8)108(114(102)119-113)83-99-127-91-71-63-55-47-39-31-23-15-7/h73-76,101,119H,9-72,77-100H2,1-8H3. The topological polar surface area (TPSA) is 120 Å². The lowest BCUT2D eigenvalue weighted by Gasteiger charge is -2.16. The van der Waals surface area contributed by atoms with Crippen LogP contribution in [0, 0.1) is 0 Å². The summed E-state index contributed by atoms with van der Waals surface area (Å²) in [6.07, 6.45) is 96.0. The van der Waals surface area contributed by atoms with Crippen molar-refractivity contribution in [3.8, 4) is 0 Å². The first-order chi connectivity index (χ1) is 63.5. The molecule has 0 spiro atoms. The molecule has 738 valence electrons. The number of rotatable bonds is 96. The molecular weight excluding hydrogens is 1580 g/mol. The second-order valence-electron chi connectivity index (χ2n) is 38.7. The van der Waals surface area contributed by atoms with E-state index in [0.29, 0.717) is 72.2 Å². The Morgan fingerprint density at radius 2 is 0.406 bits per heavy atom. The van der Waals surface area contributed by atoms with Gasteiger partial charge in [-0.1, -0.05) is 415 Å². The van der Waals surface area contributed by atoms with Gasteiger partial charge in [0.1, 0.15) is 0 Å². The summed E-state index contributed by atoms with van der Waals surface area (Å²) < 4.78 is 58.7. The van der Waals surface area contributed by atoms with Crippen LogP contribution < -0.4 is 0 Å². The van der Waals surface area contributed by atoms with Crippen molar-refractivity contribution in [2.75, 3.05) is 106 Å². The molecule has 3 aromatic rings. The first-order valence-electron chi connectivity index (χ1n) is 56.3. The number of H-pyrrole nitrogens is 1. The SMILES string of the molecule is CCCCCCCCCCOCCc1c2nc(c(CCOCCCCCCCCCC)c3cc(CCOCCCCCCCCCC)c([nH]3)c(CCOCCCCCCCCCC)c3c(CCOCCCCCCCCCC)c(CCOCCCCCCCCCC)c(c(CCOCCCCCCCCCC)c4nc1C=C4)n3CCOCCCCCCCCCC)C=C2. The van der Waals surface area contributed by atoms with Crippen molar-refractivity contribution in [3.63, 3.8) is 0 Å². The summed E-state index contributed by atoms with van der Waals surface area (Å²) in [5.74, 6) is 0. The van der Waals surface area contributed by atoms with Crippen LogP contribution in [-0.4, -0.2) is 125 Å². The summed E-state index contributed by atoms with van der Waals surface area (Å²) in [6, 6.07) is 2.53. The van der Waals surface area contributed by atoms with Crippen molar-refractivity contribution in [1.82, 2.24) is 19.5 Å². The molecule has 5 heterocycles. The lowest BCUT2D eigenvalue weighted by atomic mass is 9.98. The molecule has 12 nitrogen and oxygen atoms in total. The molecule has 5 rings (SSSR count). The highest BCUT2D eigenvalue weighted by molar-refractivity contribution is 5.88.